The number of benzene rings is 1. The van der Waals surface area contributed by atoms with Crippen LogP contribution in [0.4, 0.5) is 0 Å². The molecule has 6 nitrogen and oxygen atoms in total. The highest BCUT2D eigenvalue weighted by Crippen LogP contribution is 2.34. The molecule has 0 spiro atoms. The fraction of sp³-hybridized carbons (Fsp3) is 0.692. The van der Waals surface area contributed by atoms with Gasteiger partial charge in [0.05, 0.1) is 6.61 Å². The van der Waals surface area contributed by atoms with Crippen molar-refractivity contribution >= 4 is 10.0 Å². The van der Waals surface area contributed by atoms with E-state index in [-0.39, 0.29) is 23.5 Å². The van der Waals surface area contributed by atoms with Crippen molar-refractivity contribution in [2.24, 2.45) is 11.8 Å². The van der Waals surface area contributed by atoms with Gasteiger partial charge in [0.1, 0.15) is 16.7 Å². The number of hydrogen-bond acceptors (Lipinski definition) is 5. The minimum atomic E-state index is -3.81. The molecule has 33 heavy (non-hydrogen) atoms. The molecule has 1 N–H and O–H groups in total. The smallest absolute Gasteiger partial charge is 0.247 e. The third-order valence-electron chi connectivity index (χ3n) is 6.86. The second kappa shape index (κ2) is 11.7. The van der Waals surface area contributed by atoms with Gasteiger partial charge in [-0.1, -0.05) is 38.5 Å². The minimum absolute atomic E-state index is 0.0432. The highest BCUT2D eigenvalue weighted by molar-refractivity contribution is 7.89. The van der Waals surface area contributed by atoms with Gasteiger partial charge in [0.25, 0.3) is 0 Å². The van der Waals surface area contributed by atoms with Crippen LogP contribution in [0.15, 0.2) is 23.1 Å². The molecule has 0 amide bonds. The molecular formula is C26H40N2O4S. The summed E-state index contributed by atoms with van der Waals surface area (Å²) in [7, 11) is -1.75. The third-order valence-corrected chi connectivity index (χ3v) is 8.88. The molecule has 3 rings (SSSR count). The summed E-state index contributed by atoms with van der Waals surface area (Å²) in [4.78, 5) is 2.38. The summed E-state index contributed by atoms with van der Waals surface area (Å²) in [6.07, 6.45) is 6.85. The summed E-state index contributed by atoms with van der Waals surface area (Å²) < 4.78 is 34.9. The monoisotopic (exact) mass is 476 g/mol. The molecule has 0 unspecified atom stereocenters. The normalized spacial score (nSPS) is 24.3. The van der Waals surface area contributed by atoms with Gasteiger partial charge in [-0.05, 0) is 63.9 Å². The third kappa shape index (κ3) is 6.51. The number of aliphatic hydroxyl groups excluding tert-OH is 1. The van der Waals surface area contributed by atoms with Gasteiger partial charge in [-0.15, -0.1) is 0 Å². The Morgan fingerprint density at radius 1 is 1.30 bits per heavy atom. The van der Waals surface area contributed by atoms with E-state index in [1.165, 1.54) is 30.0 Å². The van der Waals surface area contributed by atoms with Crippen molar-refractivity contribution in [1.82, 2.24) is 9.21 Å². The summed E-state index contributed by atoms with van der Waals surface area (Å²) in [6, 6.07) is 4.65. The molecule has 1 saturated carbocycles. The maximum atomic E-state index is 13.5. The van der Waals surface area contributed by atoms with Crippen molar-refractivity contribution in [2.45, 2.75) is 76.3 Å². The topological polar surface area (TPSA) is 70.1 Å². The quantitative estimate of drug-likeness (QED) is 0.608. The standard InChI is InChI=1S/C26H40N2O4S/c1-5-15-27(4)18-25-20(2)17-28(21(3)19-29)33(30,31)26-14-13-23(16-24(26)32-25)12-8-11-22-9-6-7-10-22/h13-14,16,20-22,25,29H,5-7,9-11,15,17-19H2,1-4H3/t20-,21+,25+/m1/s1. The van der Waals surface area contributed by atoms with Gasteiger partial charge in [0, 0.05) is 37.0 Å². The highest BCUT2D eigenvalue weighted by Gasteiger charge is 2.38. The maximum Gasteiger partial charge on any atom is 0.247 e. The Balaban J connectivity index is 1.96. The zero-order valence-electron chi connectivity index (χ0n) is 20.6. The van der Waals surface area contributed by atoms with Crippen LogP contribution in [0.5, 0.6) is 5.75 Å². The number of fused-ring (bicyclic) bond motifs is 1. The first-order valence-electron chi connectivity index (χ1n) is 12.4. The molecule has 7 heteroatoms. The zero-order valence-corrected chi connectivity index (χ0v) is 21.4. The molecule has 1 heterocycles. The van der Waals surface area contributed by atoms with Crippen molar-refractivity contribution < 1.29 is 18.3 Å². The Labute approximate surface area is 200 Å². The molecule has 3 atom stereocenters. The summed E-state index contributed by atoms with van der Waals surface area (Å²) in [5.74, 6) is 7.53. The first-order valence-corrected chi connectivity index (χ1v) is 13.8. The number of rotatable bonds is 7. The molecule has 0 saturated heterocycles. The summed E-state index contributed by atoms with van der Waals surface area (Å²) in [6.45, 7) is 7.63. The molecule has 0 bridgehead atoms. The van der Waals surface area contributed by atoms with Crippen molar-refractivity contribution in [3.8, 4) is 17.6 Å². The Hall–Kier alpha value is -1.59. The predicted molar refractivity (Wildman–Crippen MR) is 132 cm³/mol. The predicted octanol–water partition coefficient (Wildman–Crippen LogP) is 3.73. The van der Waals surface area contributed by atoms with Crippen LogP contribution >= 0.6 is 0 Å². The van der Waals surface area contributed by atoms with Gasteiger partial charge in [-0.2, -0.15) is 4.31 Å². The van der Waals surface area contributed by atoms with Crippen molar-refractivity contribution in [3.63, 3.8) is 0 Å². The SMILES string of the molecule is CCCN(C)C[C@@H]1Oc2cc(C#CCC3CCCC3)ccc2S(=O)(=O)N([C@@H](C)CO)C[C@H]1C. The molecule has 1 aromatic rings. The van der Waals surface area contributed by atoms with Crippen LogP contribution in [0, 0.1) is 23.7 Å². The molecule has 0 aromatic heterocycles. The Bertz CT molecular complexity index is 947. The first-order chi connectivity index (χ1) is 15.8. The van der Waals surface area contributed by atoms with Crippen LogP contribution in [0.2, 0.25) is 0 Å². The summed E-state index contributed by atoms with van der Waals surface area (Å²) in [5.41, 5.74) is 0.776. The molecular weight excluding hydrogens is 436 g/mol. The average Bonchev–Trinajstić information content (AvgIpc) is 3.29. The molecule has 2 aliphatic rings. The van der Waals surface area contributed by atoms with Crippen LogP contribution in [-0.4, -0.2) is 68.2 Å². The largest absolute Gasteiger partial charge is 0.487 e. The van der Waals surface area contributed by atoms with Gasteiger partial charge in [-0.25, -0.2) is 8.42 Å². The molecule has 1 aliphatic heterocycles. The van der Waals surface area contributed by atoms with E-state index in [2.05, 4.69) is 30.7 Å². The Kier molecular flexibility index (Phi) is 9.23. The zero-order chi connectivity index (χ0) is 24.0. The maximum absolute atomic E-state index is 13.5. The average molecular weight is 477 g/mol. The van der Waals surface area contributed by atoms with E-state index < -0.39 is 16.1 Å². The van der Waals surface area contributed by atoms with E-state index in [1.54, 1.807) is 25.1 Å². The Morgan fingerprint density at radius 3 is 2.70 bits per heavy atom. The van der Waals surface area contributed by atoms with Crippen molar-refractivity contribution in [2.75, 3.05) is 33.3 Å². The lowest BCUT2D eigenvalue weighted by atomic mass is 10.0. The number of sulfonamides is 1. The van der Waals surface area contributed by atoms with Gasteiger partial charge in [0.2, 0.25) is 10.0 Å². The number of hydrogen-bond donors (Lipinski definition) is 1. The number of likely N-dealkylation sites (N-methyl/N-ethyl adjacent to an activating group) is 1. The number of aliphatic hydroxyl groups is 1. The van der Waals surface area contributed by atoms with Gasteiger partial charge >= 0.3 is 0 Å². The molecule has 184 valence electrons. The van der Waals surface area contributed by atoms with Crippen LogP contribution < -0.4 is 4.74 Å². The van der Waals surface area contributed by atoms with Crippen molar-refractivity contribution in [1.29, 1.82) is 0 Å². The first kappa shape index (κ1) is 26.0. The second-order valence-electron chi connectivity index (χ2n) is 9.82. The van der Waals surface area contributed by atoms with E-state index in [0.29, 0.717) is 24.8 Å². The van der Waals surface area contributed by atoms with E-state index in [1.807, 2.05) is 6.92 Å². The van der Waals surface area contributed by atoms with Crippen LogP contribution in [0.1, 0.15) is 64.9 Å². The highest BCUT2D eigenvalue weighted by atomic mass is 32.2. The molecule has 1 aliphatic carbocycles. The Morgan fingerprint density at radius 2 is 2.03 bits per heavy atom. The van der Waals surface area contributed by atoms with Gasteiger partial charge in [0.15, 0.2) is 0 Å². The number of nitrogens with zero attached hydrogens (tertiary/aromatic N) is 2. The fourth-order valence-corrected chi connectivity index (χ4v) is 6.64. The molecule has 0 radical (unpaired) electrons. The van der Waals surface area contributed by atoms with E-state index >= 15 is 0 Å². The molecule has 1 aromatic carbocycles. The molecule has 1 fully saturated rings. The second-order valence-corrected chi connectivity index (χ2v) is 11.7. The van der Waals surface area contributed by atoms with E-state index in [0.717, 1.165) is 24.9 Å². The summed E-state index contributed by atoms with van der Waals surface area (Å²) in [5, 5.41) is 9.76. The van der Waals surface area contributed by atoms with Gasteiger partial charge < -0.3 is 14.7 Å². The van der Waals surface area contributed by atoms with Gasteiger partial charge in [-0.3, -0.25) is 0 Å². The lowest BCUT2D eigenvalue weighted by molar-refractivity contribution is 0.0752. The van der Waals surface area contributed by atoms with Crippen LogP contribution in [-0.2, 0) is 10.0 Å². The lowest BCUT2D eigenvalue weighted by Gasteiger charge is -2.37. The lowest BCUT2D eigenvalue weighted by Crippen LogP contribution is -2.49. The summed E-state index contributed by atoms with van der Waals surface area (Å²) >= 11 is 0. The van der Waals surface area contributed by atoms with E-state index in [4.69, 9.17) is 4.74 Å². The van der Waals surface area contributed by atoms with Crippen molar-refractivity contribution in [3.05, 3.63) is 23.8 Å². The fourth-order valence-electron chi connectivity index (χ4n) is 4.81. The van der Waals surface area contributed by atoms with Crippen LogP contribution in [0.3, 0.4) is 0 Å². The van der Waals surface area contributed by atoms with E-state index in [9.17, 15) is 13.5 Å². The number of ether oxygens (including phenoxy) is 1. The minimum Gasteiger partial charge on any atom is -0.487 e. The van der Waals surface area contributed by atoms with Crippen LogP contribution in [0.25, 0.3) is 0 Å².